The number of H-pyrrole nitrogens is 1. The largest absolute Gasteiger partial charge is 0.361 e. The lowest BCUT2D eigenvalue weighted by Crippen LogP contribution is -2.23. The summed E-state index contributed by atoms with van der Waals surface area (Å²) in [5.74, 6) is -0.236. The fourth-order valence-electron chi connectivity index (χ4n) is 3.10. The third-order valence-corrected chi connectivity index (χ3v) is 4.22. The van der Waals surface area contributed by atoms with E-state index in [-0.39, 0.29) is 5.91 Å². The summed E-state index contributed by atoms with van der Waals surface area (Å²) in [5, 5.41) is 32.6. The molecule has 0 aliphatic carbocycles. The summed E-state index contributed by atoms with van der Waals surface area (Å²) in [6, 6.07) is 9.98. The summed E-state index contributed by atoms with van der Waals surface area (Å²) in [4.78, 5) is 11.3. The van der Waals surface area contributed by atoms with Crippen molar-refractivity contribution in [2.45, 2.75) is 26.7 Å². The molecule has 1 amide bonds. The van der Waals surface area contributed by atoms with Gasteiger partial charge in [-0.3, -0.25) is 9.89 Å². The minimum atomic E-state index is -0.444. The number of nitriles is 2. The molecular formula is C18H16N6O. The Morgan fingerprint density at radius 1 is 1.20 bits per heavy atom. The van der Waals surface area contributed by atoms with Crippen LogP contribution in [-0.2, 0) is 4.79 Å². The van der Waals surface area contributed by atoms with E-state index in [1.54, 1.807) is 0 Å². The smallest absolute Gasteiger partial charge is 0.222 e. The first kappa shape index (κ1) is 16.3. The van der Waals surface area contributed by atoms with Crippen LogP contribution in [0.1, 0.15) is 32.3 Å². The van der Waals surface area contributed by atoms with E-state index < -0.39 is 5.92 Å². The summed E-state index contributed by atoms with van der Waals surface area (Å²) in [6.45, 7) is 5.06. The lowest BCUT2D eigenvalue weighted by molar-refractivity contribution is -0.114. The number of aromatic amines is 1. The number of benzene rings is 1. The van der Waals surface area contributed by atoms with Crippen LogP contribution >= 0.6 is 0 Å². The van der Waals surface area contributed by atoms with Crippen molar-refractivity contribution in [3.05, 3.63) is 46.3 Å². The van der Waals surface area contributed by atoms with Gasteiger partial charge < -0.3 is 10.6 Å². The lowest BCUT2D eigenvalue weighted by Gasteiger charge is -2.26. The monoisotopic (exact) mass is 332 g/mol. The van der Waals surface area contributed by atoms with Gasteiger partial charge in [0, 0.05) is 23.7 Å². The number of nitrogens with one attached hydrogen (secondary N) is 3. The van der Waals surface area contributed by atoms with Crippen LogP contribution in [0.3, 0.4) is 0 Å². The molecule has 3 N–H and O–H groups in total. The second kappa shape index (κ2) is 6.14. The molecule has 1 aromatic carbocycles. The van der Waals surface area contributed by atoms with Crippen molar-refractivity contribution in [3.63, 3.8) is 0 Å². The molecular weight excluding hydrogens is 316 g/mol. The first-order valence-electron chi connectivity index (χ1n) is 7.70. The predicted molar refractivity (Wildman–Crippen MR) is 92.9 cm³/mol. The molecule has 0 unspecified atom stereocenters. The minimum absolute atomic E-state index is 0.220. The van der Waals surface area contributed by atoms with E-state index in [0.717, 1.165) is 27.9 Å². The number of aromatic nitrogens is 2. The van der Waals surface area contributed by atoms with Gasteiger partial charge in [-0.1, -0.05) is 6.07 Å². The molecule has 0 fully saturated rings. The Morgan fingerprint density at radius 3 is 2.40 bits per heavy atom. The Balaban J connectivity index is 2.19. The number of hydrogen-bond acceptors (Lipinski definition) is 5. The molecule has 0 bridgehead atoms. The van der Waals surface area contributed by atoms with Gasteiger partial charge in [-0.05, 0) is 31.5 Å². The molecule has 1 aliphatic rings. The second-order valence-corrected chi connectivity index (χ2v) is 5.92. The van der Waals surface area contributed by atoms with Gasteiger partial charge in [-0.2, -0.15) is 15.6 Å². The molecule has 0 atom stereocenters. The molecule has 3 rings (SSSR count). The number of amides is 1. The summed E-state index contributed by atoms with van der Waals surface area (Å²) in [7, 11) is 0. The molecule has 0 saturated heterocycles. The molecule has 2 heterocycles. The van der Waals surface area contributed by atoms with E-state index in [0.29, 0.717) is 17.0 Å². The van der Waals surface area contributed by atoms with Crippen molar-refractivity contribution in [2.75, 3.05) is 5.32 Å². The van der Waals surface area contributed by atoms with E-state index in [1.807, 2.05) is 32.0 Å². The van der Waals surface area contributed by atoms with Crippen molar-refractivity contribution in [2.24, 2.45) is 0 Å². The minimum Gasteiger partial charge on any atom is -0.361 e. The van der Waals surface area contributed by atoms with Gasteiger partial charge in [0.05, 0.1) is 34.7 Å². The highest BCUT2D eigenvalue weighted by atomic mass is 16.1. The van der Waals surface area contributed by atoms with Gasteiger partial charge in [-0.15, -0.1) is 0 Å². The maximum atomic E-state index is 11.3. The summed E-state index contributed by atoms with van der Waals surface area (Å²) in [5.41, 5.74) is 4.04. The van der Waals surface area contributed by atoms with Gasteiger partial charge in [-0.25, -0.2) is 0 Å². The molecule has 2 aromatic rings. The Hall–Kier alpha value is -3.58. The van der Waals surface area contributed by atoms with Crippen molar-refractivity contribution in [1.29, 1.82) is 10.5 Å². The van der Waals surface area contributed by atoms with E-state index in [1.165, 1.54) is 6.92 Å². The van der Waals surface area contributed by atoms with E-state index >= 15 is 0 Å². The number of rotatable bonds is 2. The van der Waals surface area contributed by atoms with Gasteiger partial charge >= 0.3 is 0 Å². The zero-order valence-corrected chi connectivity index (χ0v) is 14.1. The number of fused-ring (bicyclic) bond motifs is 1. The Labute approximate surface area is 144 Å². The average molecular weight is 332 g/mol. The first-order chi connectivity index (χ1) is 12.0. The third-order valence-electron chi connectivity index (χ3n) is 4.22. The summed E-state index contributed by atoms with van der Waals surface area (Å²) in [6.07, 6.45) is 0. The number of dihydropyridines is 1. The fraction of sp³-hybridized carbons (Fsp3) is 0.222. The number of nitrogens with zero attached hydrogens (tertiary/aromatic N) is 3. The number of carbonyl (C=O) groups excluding carboxylic acids is 1. The van der Waals surface area contributed by atoms with E-state index in [2.05, 4.69) is 33.0 Å². The van der Waals surface area contributed by atoms with Crippen molar-refractivity contribution >= 4 is 22.6 Å². The zero-order chi connectivity index (χ0) is 18.1. The van der Waals surface area contributed by atoms with Gasteiger partial charge in [0.25, 0.3) is 0 Å². The van der Waals surface area contributed by atoms with E-state index in [9.17, 15) is 15.3 Å². The molecule has 7 heteroatoms. The Bertz CT molecular complexity index is 992. The van der Waals surface area contributed by atoms with E-state index in [4.69, 9.17) is 0 Å². The van der Waals surface area contributed by atoms with Crippen LogP contribution in [0.4, 0.5) is 5.82 Å². The van der Waals surface area contributed by atoms with Gasteiger partial charge in [0.1, 0.15) is 0 Å². The van der Waals surface area contributed by atoms with Crippen LogP contribution < -0.4 is 10.6 Å². The zero-order valence-electron chi connectivity index (χ0n) is 14.1. The maximum Gasteiger partial charge on any atom is 0.222 e. The number of hydrogen-bond donors (Lipinski definition) is 3. The summed E-state index contributed by atoms with van der Waals surface area (Å²) < 4.78 is 0. The normalized spacial score (nSPS) is 14.9. The molecule has 1 aromatic heterocycles. The number of anilines is 1. The van der Waals surface area contributed by atoms with Crippen LogP contribution in [0.5, 0.6) is 0 Å². The molecule has 0 saturated carbocycles. The SMILES string of the molecule is CC(=O)Nc1n[nH]c2ccc(C3C(C#N)=C(C)NC(C)=C3C#N)cc12. The second-order valence-electron chi connectivity index (χ2n) is 5.92. The molecule has 25 heavy (non-hydrogen) atoms. The quantitative estimate of drug-likeness (QED) is 0.781. The average Bonchev–Trinajstić information content (AvgIpc) is 2.96. The highest BCUT2D eigenvalue weighted by Crippen LogP contribution is 2.38. The summed E-state index contributed by atoms with van der Waals surface area (Å²) >= 11 is 0. The molecule has 0 spiro atoms. The third kappa shape index (κ3) is 2.73. The number of allylic oxidation sites excluding steroid dienone is 4. The van der Waals surface area contributed by atoms with Crippen LogP contribution in [0.15, 0.2) is 40.7 Å². The number of carbonyl (C=O) groups is 1. The first-order valence-corrected chi connectivity index (χ1v) is 7.70. The van der Waals surface area contributed by atoms with Crippen molar-refractivity contribution < 1.29 is 4.79 Å². The predicted octanol–water partition coefficient (Wildman–Crippen LogP) is 2.80. The van der Waals surface area contributed by atoms with Gasteiger partial charge in [0.2, 0.25) is 5.91 Å². The van der Waals surface area contributed by atoms with Crippen molar-refractivity contribution in [3.8, 4) is 12.1 Å². The molecule has 124 valence electrons. The Kier molecular flexibility index (Phi) is 4.00. The highest BCUT2D eigenvalue weighted by Gasteiger charge is 2.29. The molecule has 1 aliphatic heterocycles. The lowest BCUT2D eigenvalue weighted by atomic mass is 9.81. The standard InChI is InChI=1S/C18H16N6O/c1-9-14(7-19)17(15(8-20)10(2)21-9)12-4-5-16-13(6-12)18(24-23-16)22-11(3)25/h4-6,17,21H,1-3H3,(H2,22,23,24,25). The van der Waals surface area contributed by atoms with Crippen LogP contribution in [0, 0.1) is 22.7 Å². The van der Waals surface area contributed by atoms with Crippen LogP contribution in [0.25, 0.3) is 10.9 Å². The Morgan fingerprint density at radius 2 is 1.84 bits per heavy atom. The van der Waals surface area contributed by atoms with Crippen molar-refractivity contribution in [1.82, 2.24) is 15.5 Å². The topological polar surface area (TPSA) is 117 Å². The van der Waals surface area contributed by atoms with Crippen LogP contribution in [0.2, 0.25) is 0 Å². The fourth-order valence-corrected chi connectivity index (χ4v) is 3.10. The van der Waals surface area contributed by atoms with Gasteiger partial charge in [0.15, 0.2) is 5.82 Å². The molecule has 7 nitrogen and oxygen atoms in total. The highest BCUT2D eigenvalue weighted by molar-refractivity contribution is 5.99. The molecule has 0 radical (unpaired) electrons. The maximum absolute atomic E-state index is 11.3. The van der Waals surface area contributed by atoms with Crippen LogP contribution in [-0.4, -0.2) is 16.1 Å².